The Morgan fingerprint density at radius 2 is 1.88 bits per heavy atom. The summed E-state index contributed by atoms with van der Waals surface area (Å²) in [6.45, 7) is 0. The standard InChI is InChI=1S/C14H15ClO/c15-14-8-4-2-6-12(14)9-11-5-1-3-7-13(16)10-11/h2,4,6,8,10H,1,3,5,7,9H2. The largest absolute Gasteiger partial charge is 0.295 e. The predicted molar refractivity (Wildman–Crippen MR) is 66.7 cm³/mol. The lowest BCUT2D eigenvalue weighted by atomic mass is 10.0. The Morgan fingerprint density at radius 1 is 1.12 bits per heavy atom. The van der Waals surface area contributed by atoms with Crippen molar-refractivity contribution in [3.8, 4) is 0 Å². The molecule has 1 aromatic rings. The van der Waals surface area contributed by atoms with Crippen LogP contribution in [0.1, 0.15) is 31.2 Å². The van der Waals surface area contributed by atoms with Gasteiger partial charge in [-0.1, -0.05) is 35.4 Å². The van der Waals surface area contributed by atoms with E-state index in [9.17, 15) is 4.79 Å². The highest BCUT2D eigenvalue weighted by Crippen LogP contribution is 2.23. The third kappa shape index (κ3) is 2.96. The third-order valence-electron chi connectivity index (χ3n) is 2.91. The van der Waals surface area contributed by atoms with Gasteiger partial charge in [-0.2, -0.15) is 0 Å². The van der Waals surface area contributed by atoms with E-state index in [2.05, 4.69) is 0 Å². The number of carbonyl (C=O) groups excluding carboxylic acids is 1. The van der Waals surface area contributed by atoms with Gasteiger partial charge in [0.1, 0.15) is 0 Å². The maximum absolute atomic E-state index is 11.5. The van der Waals surface area contributed by atoms with Gasteiger partial charge in [-0.25, -0.2) is 0 Å². The van der Waals surface area contributed by atoms with Gasteiger partial charge < -0.3 is 0 Å². The zero-order valence-electron chi connectivity index (χ0n) is 9.21. The molecular formula is C14H15ClO. The molecule has 0 saturated carbocycles. The minimum absolute atomic E-state index is 0.263. The molecule has 0 saturated heterocycles. The van der Waals surface area contributed by atoms with Crippen molar-refractivity contribution in [3.05, 3.63) is 46.5 Å². The Balaban J connectivity index is 2.14. The van der Waals surface area contributed by atoms with E-state index < -0.39 is 0 Å². The fraction of sp³-hybridized carbons (Fsp3) is 0.357. The second-order valence-electron chi connectivity index (χ2n) is 4.24. The fourth-order valence-corrected chi connectivity index (χ4v) is 2.25. The maximum atomic E-state index is 11.5. The SMILES string of the molecule is O=C1C=C(Cc2ccccc2Cl)CCCC1. The van der Waals surface area contributed by atoms with Crippen molar-refractivity contribution in [2.45, 2.75) is 32.1 Å². The summed E-state index contributed by atoms with van der Waals surface area (Å²) in [5.74, 6) is 0.263. The molecule has 0 unspecified atom stereocenters. The van der Waals surface area contributed by atoms with E-state index in [-0.39, 0.29) is 5.78 Å². The molecule has 16 heavy (non-hydrogen) atoms. The lowest BCUT2D eigenvalue weighted by Crippen LogP contribution is -1.94. The van der Waals surface area contributed by atoms with Crippen LogP contribution in [-0.4, -0.2) is 5.78 Å². The quantitative estimate of drug-likeness (QED) is 0.757. The highest BCUT2D eigenvalue weighted by Gasteiger charge is 2.10. The van der Waals surface area contributed by atoms with Crippen LogP contribution < -0.4 is 0 Å². The van der Waals surface area contributed by atoms with Crippen LogP contribution in [0.4, 0.5) is 0 Å². The number of rotatable bonds is 2. The molecule has 0 fully saturated rings. The van der Waals surface area contributed by atoms with E-state index in [1.165, 1.54) is 5.57 Å². The van der Waals surface area contributed by atoms with Crippen molar-refractivity contribution in [1.29, 1.82) is 0 Å². The Labute approximate surface area is 101 Å². The molecule has 0 aromatic heterocycles. The lowest BCUT2D eigenvalue weighted by Gasteiger charge is -2.06. The summed E-state index contributed by atoms with van der Waals surface area (Å²) in [4.78, 5) is 11.5. The first-order valence-corrected chi connectivity index (χ1v) is 6.09. The van der Waals surface area contributed by atoms with Crippen molar-refractivity contribution in [1.82, 2.24) is 0 Å². The first-order chi connectivity index (χ1) is 7.75. The van der Waals surface area contributed by atoms with E-state index in [1.54, 1.807) is 0 Å². The number of carbonyl (C=O) groups is 1. The topological polar surface area (TPSA) is 17.1 Å². The molecule has 0 N–H and O–H groups in total. The number of hydrogen-bond acceptors (Lipinski definition) is 1. The summed E-state index contributed by atoms with van der Waals surface area (Å²) >= 11 is 6.11. The van der Waals surface area contributed by atoms with Crippen LogP contribution in [0.25, 0.3) is 0 Å². The average Bonchev–Trinajstić information content (AvgIpc) is 2.46. The molecule has 84 valence electrons. The highest BCUT2D eigenvalue weighted by atomic mass is 35.5. The minimum Gasteiger partial charge on any atom is -0.295 e. The van der Waals surface area contributed by atoms with E-state index in [0.717, 1.165) is 36.3 Å². The van der Waals surface area contributed by atoms with Crippen LogP contribution in [0, 0.1) is 0 Å². The lowest BCUT2D eigenvalue weighted by molar-refractivity contribution is -0.114. The van der Waals surface area contributed by atoms with E-state index in [4.69, 9.17) is 11.6 Å². The van der Waals surface area contributed by atoms with Gasteiger partial charge in [0.05, 0.1) is 0 Å². The first kappa shape index (κ1) is 11.4. The van der Waals surface area contributed by atoms with Gasteiger partial charge in [0.15, 0.2) is 5.78 Å². The van der Waals surface area contributed by atoms with Crippen LogP contribution in [0.2, 0.25) is 5.02 Å². The maximum Gasteiger partial charge on any atom is 0.155 e. The molecule has 1 aromatic carbocycles. The second-order valence-corrected chi connectivity index (χ2v) is 4.65. The number of allylic oxidation sites excluding steroid dienone is 2. The summed E-state index contributed by atoms with van der Waals surface area (Å²) in [5.41, 5.74) is 2.33. The normalized spacial score (nSPS) is 16.8. The van der Waals surface area contributed by atoms with Crippen LogP contribution in [0.3, 0.4) is 0 Å². The Morgan fingerprint density at radius 3 is 2.69 bits per heavy atom. The summed E-state index contributed by atoms with van der Waals surface area (Å²) < 4.78 is 0. The molecule has 0 bridgehead atoms. The Hall–Kier alpha value is -1.08. The average molecular weight is 235 g/mol. The van der Waals surface area contributed by atoms with Gasteiger partial charge >= 0.3 is 0 Å². The van der Waals surface area contributed by atoms with Gasteiger partial charge in [-0.3, -0.25) is 4.79 Å². The van der Waals surface area contributed by atoms with Crippen LogP contribution in [0.5, 0.6) is 0 Å². The molecule has 1 aliphatic carbocycles. The van der Waals surface area contributed by atoms with Crippen molar-refractivity contribution in [2.75, 3.05) is 0 Å². The first-order valence-electron chi connectivity index (χ1n) is 5.71. The zero-order valence-corrected chi connectivity index (χ0v) is 9.96. The number of benzene rings is 1. The molecule has 0 aliphatic heterocycles. The second kappa shape index (κ2) is 5.31. The molecule has 0 atom stereocenters. The van der Waals surface area contributed by atoms with Crippen LogP contribution >= 0.6 is 11.6 Å². The zero-order chi connectivity index (χ0) is 11.4. The van der Waals surface area contributed by atoms with Crippen molar-refractivity contribution < 1.29 is 4.79 Å². The summed E-state index contributed by atoms with van der Waals surface area (Å²) in [6, 6.07) is 7.84. The van der Waals surface area contributed by atoms with E-state index in [0.29, 0.717) is 6.42 Å². The fourth-order valence-electron chi connectivity index (χ4n) is 2.05. The van der Waals surface area contributed by atoms with Gasteiger partial charge in [0, 0.05) is 11.4 Å². The molecule has 2 rings (SSSR count). The molecule has 1 aliphatic rings. The molecule has 2 heteroatoms. The van der Waals surface area contributed by atoms with E-state index in [1.807, 2.05) is 30.3 Å². The molecule has 1 nitrogen and oxygen atoms in total. The predicted octanol–water partition coefficient (Wildman–Crippen LogP) is 3.95. The number of halogens is 1. The van der Waals surface area contributed by atoms with Gasteiger partial charge in [-0.15, -0.1) is 0 Å². The van der Waals surface area contributed by atoms with Crippen LogP contribution in [-0.2, 0) is 11.2 Å². The van der Waals surface area contributed by atoms with E-state index >= 15 is 0 Å². The highest BCUT2D eigenvalue weighted by molar-refractivity contribution is 6.31. The summed E-state index contributed by atoms with van der Waals surface area (Å²) in [7, 11) is 0. The molecule has 0 radical (unpaired) electrons. The van der Waals surface area contributed by atoms with Gasteiger partial charge in [0.2, 0.25) is 0 Å². The smallest absolute Gasteiger partial charge is 0.155 e. The van der Waals surface area contributed by atoms with Crippen molar-refractivity contribution >= 4 is 17.4 Å². The third-order valence-corrected chi connectivity index (χ3v) is 3.28. The molecule has 0 spiro atoms. The minimum atomic E-state index is 0.263. The monoisotopic (exact) mass is 234 g/mol. The van der Waals surface area contributed by atoms with Crippen LogP contribution in [0.15, 0.2) is 35.9 Å². The number of ketones is 1. The Bertz CT molecular complexity index is 420. The molecule has 0 heterocycles. The van der Waals surface area contributed by atoms with Gasteiger partial charge in [-0.05, 0) is 43.4 Å². The van der Waals surface area contributed by atoms with Crippen molar-refractivity contribution in [2.24, 2.45) is 0 Å². The Kier molecular flexibility index (Phi) is 3.79. The molecule has 0 amide bonds. The summed E-state index contributed by atoms with van der Waals surface area (Å²) in [6.07, 6.45) is 6.48. The van der Waals surface area contributed by atoms with Crippen molar-refractivity contribution in [3.63, 3.8) is 0 Å². The molecular weight excluding hydrogens is 220 g/mol. The number of hydrogen-bond donors (Lipinski definition) is 0. The van der Waals surface area contributed by atoms with Gasteiger partial charge in [0.25, 0.3) is 0 Å². The summed E-state index contributed by atoms with van der Waals surface area (Å²) in [5, 5.41) is 0.792.